The molecule has 1 aliphatic rings. The molecule has 0 spiro atoms. The van der Waals surface area contributed by atoms with Crippen molar-refractivity contribution in [2.24, 2.45) is 0 Å². The van der Waals surface area contributed by atoms with Gasteiger partial charge in [-0.1, -0.05) is 19.1 Å². The third-order valence-electron chi connectivity index (χ3n) is 4.64. The third kappa shape index (κ3) is 3.99. The Morgan fingerprint density at radius 3 is 2.60 bits per heavy atom. The van der Waals surface area contributed by atoms with E-state index >= 15 is 0 Å². The van der Waals surface area contributed by atoms with Crippen LogP contribution >= 0.6 is 0 Å². The van der Waals surface area contributed by atoms with E-state index in [2.05, 4.69) is 21.8 Å². The van der Waals surface area contributed by atoms with Crippen molar-refractivity contribution in [3.63, 3.8) is 0 Å². The van der Waals surface area contributed by atoms with Gasteiger partial charge in [-0.3, -0.25) is 4.90 Å². The first-order valence-corrected chi connectivity index (χ1v) is 10.2. The fourth-order valence-electron chi connectivity index (χ4n) is 3.24. The second-order valence-corrected chi connectivity index (χ2v) is 8.55. The molecule has 0 fully saturated rings. The largest absolute Gasteiger partial charge is 0.481 e. The van der Waals surface area contributed by atoms with E-state index in [9.17, 15) is 8.42 Å². The van der Waals surface area contributed by atoms with Crippen LogP contribution in [0, 0.1) is 0 Å². The predicted molar refractivity (Wildman–Crippen MR) is 95.5 cm³/mol. The van der Waals surface area contributed by atoms with Crippen molar-refractivity contribution >= 4 is 9.84 Å². The zero-order chi connectivity index (χ0) is 18.0. The van der Waals surface area contributed by atoms with Crippen LogP contribution in [0.4, 0.5) is 0 Å². The highest BCUT2D eigenvalue weighted by Crippen LogP contribution is 2.26. The molecule has 1 atom stereocenters. The van der Waals surface area contributed by atoms with Crippen LogP contribution in [0.5, 0.6) is 5.88 Å². The summed E-state index contributed by atoms with van der Waals surface area (Å²) in [6.45, 7) is 4.75. The molecule has 0 amide bonds. The van der Waals surface area contributed by atoms with Crippen LogP contribution in [0.2, 0.25) is 0 Å². The van der Waals surface area contributed by atoms with Gasteiger partial charge in [-0.2, -0.15) is 0 Å². The molecule has 6 nitrogen and oxygen atoms in total. The molecule has 0 saturated carbocycles. The molecule has 7 heteroatoms. The van der Waals surface area contributed by atoms with Crippen molar-refractivity contribution in [2.75, 3.05) is 26.5 Å². The Morgan fingerprint density at radius 1 is 1.24 bits per heavy atom. The van der Waals surface area contributed by atoms with Gasteiger partial charge in [0.2, 0.25) is 5.88 Å². The number of benzene rings is 1. The number of aromatic nitrogens is 2. The molecule has 2 heterocycles. The van der Waals surface area contributed by atoms with Gasteiger partial charge in [0.25, 0.3) is 0 Å². The van der Waals surface area contributed by atoms with Crippen molar-refractivity contribution in [2.45, 2.75) is 30.7 Å². The first kappa shape index (κ1) is 17.8. The van der Waals surface area contributed by atoms with E-state index < -0.39 is 9.84 Å². The van der Waals surface area contributed by atoms with Gasteiger partial charge in [-0.05, 0) is 23.6 Å². The number of fused-ring (bicyclic) bond motifs is 1. The Morgan fingerprint density at radius 2 is 1.96 bits per heavy atom. The van der Waals surface area contributed by atoms with Crippen LogP contribution in [-0.2, 0) is 22.8 Å². The Bertz CT molecular complexity index is 836. The summed E-state index contributed by atoms with van der Waals surface area (Å²) in [6.07, 6.45) is 3.67. The van der Waals surface area contributed by atoms with E-state index in [-0.39, 0.29) is 0 Å². The summed E-state index contributed by atoms with van der Waals surface area (Å²) in [5.41, 5.74) is 3.26. The summed E-state index contributed by atoms with van der Waals surface area (Å²) in [4.78, 5) is 11.3. The Balaban J connectivity index is 1.70. The zero-order valence-electron chi connectivity index (χ0n) is 14.8. The first-order valence-electron chi connectivity index (χ1n) is 8.27. The molecule has 25 heavy (non-hydrogen) atoms. The summed E-state index contributed by atoms with van der Waals surface area (Å²) < 4.78 is 28.5. The molecule has 0 bridgehead atoms. The number of rotatable bonds is 5. The minimum absolute atomic E-state index is 0.297. The minimum atomic E-state index is -3.15. The number of methoxy groups -OCH3 is 1. The normalized spacial score (nSPS) is 16.3. The van der Waals surface area contributed by atoms with E-state index in [1.165, 1.54) is 6.26 Å². The van der Waals surface area contributed by atoms with Gasteiger partial charge >= 0.3 is 0 Å². The van der Waals surface area contributed by atoms with Crippen molar-refractivity contribution in [3.8, 4) is 5.88 Å². The fraction of sp³-hybridized carbons (Fsp3) is 0.444. The second kappa shape index (κ2) is 7.09. The maximum atomic E-state index is 11.6. The standard InChI is InChI=1S/C18H23N3O3S/c1-13(14-4-6-15(7-5-14)25(3,22)23)10-21-9-8-17-16(11-21)18(24-2)20-12-19-17/h4-7,12-13H,8-11H2,1-3H3. The molecular formula is C18H23N3O3S. The monoisotopic (exact) mass is 361 g/mol. The maximum Gasteiger partial charge on any atom is 0.220 e. The van der Waals surface area contributed by atoms with Gasteiger partial charge in [-0.25, -0.2) is 18.4 Å². The van der Waals surface area contributed by atoms with Crippen LogP contribution in [-0.4, -0.2) is 49.7 Å². The predicted octanol–water partition coefficient (Wildman–Crippen LogP) is 2.05. The average Bonchev–Trinajstić information content (AvgIpc) is 2.60. The lowest BCUT2D eigenvalue weighted by molar-refractivity contribution is 0.233. The molecule has 0 saturated heterocycles. The lowest BCUT2D eigenvalue weighted by atomic mass is 9.99. The molecule has 1 unspecified atom stereocenters. The van der Waals surface area contributed by atoms with Gasteiger partial charge in [0, 0.05) is 37.9 Å². The Hall–Kier alpha value is -1.99. The van der Waals surface area contributed by atoms with E-state index in [4.69, 9.17) is 4.74 Å². The van der Waals surface area contributed by atoms with Gasteiger partial charge in [0.15, 0.2) is 9.84 Å². The van der Waals surface area contributed by atoms with E-state index in [0.717, 1.165) is 42.9 Å². The average molecular weight is 361 g/mol. The molecule has 0 radical (unpaired) electrons. The number of hydrogen-bond donors (Lipinski definition) is 0. The van der Waals surface area contributed by atoms with Crippen LogP contribution < -0.4 is 4.74 Å². The Labute approximate surface area is 148 Å². The molecule has 1 aromatic heterocycles. The third-order valence-corrected chi connectivity index (χ3v) is 5.77. The minimum Gasteiger partial charge on any atom is -0.481 e. The molecule has 1 aromatic carbocycles. The number of hydrogen-bond acceptors (Lipinski definition) is 6. The molecule has 1 aliphatic heterocycles. The summed E-state index contributed by atoms with van der Waals surface area (Å²) in [5, 5.41) is 0. The lowest BCUT2D eigenvalue weighted by Gasteiger charge is -2.30. The summed E-state index contributed by atoms with van der Waals surface area (Å²) in [6, 6.07) is 7.18. The molecule has 0 N–H and O–H groups in total. The van der Waals surface area contributed by atoms with Crippen LogP contribution in [0.1, 0.15) is 29.7 Å². The fourth-order valence-corrected chi connectivity index (χ4v) is 3.87. The van der Waals surface area contributed by atoms with Crippen molar-refractivity contribution in [1.29, 1.82) is 0 Å². The van der Waals surface area contributed by atoms with Gasteiger partial charge < -0.3 is 4.74 Å². The SMILES string of the molecule is COc1ncnc2c1CN(CC(C)c1ccc(S(C)(=O)=O)cc1)CC2. The van der Waals surface area contributed by atoms with Crippen LogP contribution in [0.15, 0.2) is 35.5 Å². The number of sulfone groups is 1. The Kier molecular flexibility index (Phi) is 5.06. The molecule has 2 aromatic rings. The quantitative estimate of drug-likeness (QED) is 0.812. The van der Waals surface area contributed by atoms with Crippen LogP contribution in [0.25, 0.3) is 0 Å². The highest BCUT2D eigenvalue weighted by atomic mass is 32.2. The number of nitrogens with zero attached hydrogens (tertiary/aromatic N) is 3. The van der Waals surface area contributed by atoms with E-state index in [1.807, 2.05) is 12.1 Å². The summed E-state index contributed by atoms with van der Waals surface area (Å²) in [5.74, 6) is 0.950. The van der Waals surface area contributed by atoms with Crippen molar-refractivity contribution in [3.05, 3.63) is 47.4 Å². The topological polar surface area (TPSA) is 72.4 Å². The maximum absolute atomic E-state index is 11.6. The van der Waals surface area contributed by atoms with Crippen molar-refractivity contribution < 1.29 is 13.2 Å². The first-order chi connectivity index (χ1) is 11.9. The lowest BCUT2D eigenvalue weighted by Crippen LogP contribution is -2.34. The second-order valence-electron chi connectivity index (χ2n) is 6.54. The molecule has 134 valence electrons. The van der Waals surface area contributed by atoms with E-state index in [0.29, 0.717) is 16.7 Å². The summed E-state index contributed by atoms with van der Waals surface area (Å²) in [7, 11) is -1.52. The summed E-state index contributed by atoms with van der Waals surface area (Å²) >= 11 is 0. The van der Waals surface area contributed by atoms with Gasteiger partial charge in [-0.15, -0.1) is 0 Å². The highest BCUT2D eigenvalue weighted by Gasteiger charge is 2.23. The van der Waals surface area contributed by atoms with Crippen molar-refractivity contribution in [1.82, 2.24) is 14.9 Å². The molecular weight excluding hydrogens is 338 g/mol. The number of ether oxygens (including phenoxy) is 1. The molecule has 0 aliphatic carbocycles. The molecule has 3 rings (SSSR count). The highest BCUT2D eigenvalue weighted by molar-refractivity contribution is 7.90. The van der Waals surface area contributed by atoms with E-state index in [1.54, 1.807) is 25.6 Å². The smallest absolute Gasteiger partial charge is 0.220 e. The zero-order valence-corrected chi connectivity index (χ0v) is 15.6. The van der Waals surface area contributed by atoms with Crippen LogP contribution in [0.3, 0.4) is 0 Å². The van der Waals surface area contributed by atoms with Gasteiger partial charge in [0.1, 0.15) is 6.33 Å². The van der Waals surface area contributed by atoms with Gasteiger partial charge in [0.05, 0.1) is 17.7 Å².